The van der Waals surface area contributed by atoms with E-state index in [0.717, 1.165) is 0 Å². The molecule has 0 spiro atoms. The molecule has 0 aliphatic carbocycles. The molecule has 4 nitrogen and oxygen atoms in total. The zero-order chi connectivity index (χ0) is 8.81. The van der Waals surface area contributed by atoms with Crippen LogP contribution in [0.4, 0.5) is 0 Å². The molecule has 60 valence electrons. The summed E-state index contributed by atoms with van der Waals surface area (Å²) >= 11 is 0. The number of terminal acetylenes is 1. The molecule has 0 amide bonds. The van der Waals surface area contributed by atoms with Crippen LogP contribution in [0.25, 0.3) is 0 Å². The Morgan fingerprint density at radius 3 is 3.08 bits per heavy atom. The van der Waals surface area contributed by atoms with Crippen LogP contribution in [0.1, 0.15) is 10.4 Å². The fourth-order valence-corrected chi connectivity index (χ4v) is 0.602. The van der Waals surface area contributed by atoms with Crippen LogP contribution in [0, 0.1) is 12.3 Å². The maximum absolute atomic E-state index is 11.0. The molecule has 0 N–H and O–H groups in total. The van der Waals surface area contributed by atoms with E-state index in [2.05, 4.69) is 20.9 Å². The number of carbonyl (C=O) groups excluding carboxylic acids is 1. The third-order valence-corrected chi connectivity index (χ3v) is 1.11. The Kier molecular flexibility index (Phi) is 2.79. The van der Waals surface area contributed by atoms with Crippen LogP contribution in [-0.4, -0.2) is 22.8 Å². The van der Waals surface area contributed by atoms with Gasteiger partial charge in [-0.1, -0.05) is 5.92 Å². The van der Waals surface area contributed by atoms with Crippen molar-refractivity contribution in [3.05, 3.63) is 24.0 Å². The standard InChI is InChI=1S/C8H6N2O2/c1-2-5-12-8(11)7-3-4-9-10-6-7/h1,3-4,6H,5H2. The van der Waals surface area contributed by atoms with Gasteiger partial charge in [-0.3, -0.25) is 0 Å². The number of hydrogen-bond acceptors (Lipinski definition) is 4. The monoisotopic (exact) mass is 162 g/mol. The summed E-state index contributed by atoms with van der Waals surface area (Å²) in [5.74, 6) is 1.71. The maximum atomic E-state index is 11.0. The molecule has 1 heterocycles. The highest BCUT2D eigenvalue weighted by Gasteiger charge is 2.04. The van der Waals surface area contributed by atoms with E-state index in [1.165, 1.54) is 18.5 Å². The number of esters is 1. The van der Waals surface area contributed by atoms with Crippen LogP contribution in [0.15, 0.2) is 18.5 Å². The number of rotatable bonds is 2. The Morgan fingerprint density at radius 1 is 1.67 bits per heavy atom. The van der Waals surface area contributed by atoms with E-state index in [0.29, 0.717) is 5.56 Å². The van der Waals surface area contributed by atoms with Crippen LogP contribution in [0.2, 0.25) is 0 Å². The third-order valence-electron chi connectivity index (χ3n) is 1.11. The molecule has 0 aliphatic rings. The Bertz CT molecular complexity index is 303. The minimum Gasteiger partial charge on any atom is -0.449 e. The molecule has 1 aromatic rings. The average Bonchev–Trinajstić information content (AvgIpc) is 2.15. The summed E-state index contributed by atoms with van der Waals surface area (Å²) in [5.41, 5.74) is 0.347. The quantitative estimate of drug-likeness (QED) is 0.462. The van der Waals surface area contributed by atoms with Crippen molar-refractivity contribution in [3.8, 4) is 12.3 Å². The smallest absolute Gasteiger partial charge is 0.340 e. The van der Waals surface area contributed by atoms with Gasteiger partial charge in [0.2, 0.25) is 0 Å². The molecule has 1 rings (SSSR count). The van der Waals surface area contributed by atoms with E-state index in [4.69, 9.17) is 6.42 Å². The van der Waals surface area contributed by atoms with Crippen LogP contribution in [0.3, 0.4) is 0 Å². The Labute approximate surface area is 69.6 Å². The molecule has 0 saturated heterocycles. The Morgan fingerprint density at radius 2 is 2.50 bits per heavy atom. The van der Waals surface area contributed by atoms with Gasteiger partial charge in [-0.15, -0.1) is 6.42 Å². The summed E-state index contributed by atoms with van der Waals surface area (Å²) < 4.78 is 4.63. The first kappa shape index (κ1) is 8.21. The first-order valence-electron chi connectivity index (χ1n) is 3.22. The zero-order valence-electron chi connectivity index (χ0n) is 6.23. The lowest BCUT2D eigenvalue weighted by Crippen LogP contribution is -2.05. The topological polar surface area (TPSA) is 52.1 Å². The van der Waals surface area contributed by atoms with E-state index < -0.39 is 5.97 Å². The molecule has 0 aromatic carbocycles. The largest absolute Gasteiger partial charge is 0.449 e. The Balaban J connectivity index is 2.61. The van der Waals surface area contributed by atoms with Crippen LogP contribution in [-0.2, 0) is 4.74 Å². The van der Waals surface area contributed by atoms with E-state index in [9.17, 15) is 4.79 Å². The van der Waals surface area contributed by atoms with Crippen LogP contribution in [0.5, 0.6) is 0 Å². The fourth-order valence-electron chi connectivity index (χ4n) is 0.602. The second-order valence-corrected chi connectivity index (χ2v) is 1.91. The van der Waals surface area contributed by atoms with Crippen molar-refractivity contribution in [1.82, 2.24) is 10.2 Å². The molecule has 0 atom stereocenters. The van der Waals surface area contributed by atoms with Crippen molar-refractivity contribution in [2.75, 3.05) is 6.61 Å². The van der Waals surface area contributed by atoms with E-state index >= 15 is 0 Å². The first-order valence-corrected chi connectivity index (χ1v) is 3.22. The molecule has 12 heavy (non-hydrogen) atoms. The highest BCUT2D eigenvalue weighted by molar-refractivity contribution is 5.88. The van der Waals surface area contributed by atoms with Gasteiger partial charge in [0, 0.05) is 0 Å². The third kappa shape index (κ3) is 2.06. The van der Waals surface area contributed by atoms with Gasteiger partial charge in [-0.25, -0.2) is 4.79 Å². The normalized spacial score (nSPS) is 8.58. The summed E-state index contributed by atoms with van der Waals surface area (Å²) in [6.07, 6.45) is 7.63. The number of hydrogen-bond donors (Lipinski definition) is 0. The van der Waals surface area contributed by atoms with Crippen molar-refractivity contribution >= 4 is 5.97 Å². The lowest BCUT2D eigenvalue weighted by atomic mass is 10.3. The predicted molar refractivity (Wildman–Crippen MR) is 41.1 cm³/mol. The van der Waals surface area contributed by atoms with Gasteiger partial charge in [0.05, 0.1) is 18.0 Å². The second kappa shape index (κ2) is 4.09. The van der Waals surface area contributed by atoms with Gasteiger partial charge >= 0.3 is 5.97 Å². The molecule has 0 radical (unpaired) electrons. The van der Waals surface area contributed by atoms with Gasteiger partial charge in [0.1, 0.15) is 0 Å². The average molecular weight is 162 g/mol. The lowest BCUT2D eigenvalue weighted by molar-refractivity contribution is 0.0556. The van der Waals surface area contributed by atoms with Crippen molar-refractivity contribution in [2.24, 2.45) is 0 Å². The van der Waals surface area contributed by atoms with Crippen LogP contribution >= 0.6 is 0 Å². The molecular formula is C8H6N2O2. The minimum absolute atomic E-state index is 0.0266. The second-order valence-electron chi connectivity index (χ2n) is 1.91. The van der Waals surface area contributed by atoms with Crippen molar-refractivity contribution < 1.29 is 9.53 Å². The highest BCUT2D eigenvalue weighted by Crippen LogP contribution is 1.96. The predicted octanol–water partition coefficient (Wildman–Crippen LogP) is 0.267. The van der Waals surface area contributed by atoms with Gasteiger partial charge in [0.25, 0.3) is 0 Å². The molecule has 0 unspecified atom stereocenters. The van der Waals surface area contributed by atoms with E-state index in [1.807, 2.05) is 0 Å². The Hall–Kier alpha value is -1.89. The maximum Gasteiger partial charge on any atom is 0.340 e. The fraction of sp³-hybridized carbons (Fsp3) is 0.125. The summed E-state index contributed by atoms with van der Waals surface area (Å²) in [6.45, 7) is -0.0266. The first-order chi connectivity index (χ1) is 5.84. The van der Waals surface area contributed by atoms with Gasteiger partial charge in [-0.2, -0.15) is 10.2 Å². The van der Waals surface area contributed by atoms with Crippen molar-refractivity contribution in [3.63, 3.8) is 0 Å². The van der Waals surface area contributed by atoms with Gasteiger partial charge in [0.15, 0.2) is 6.61 Å². The number of aromatic nitrogens is 2. The minimum atomic E-state index is -0.483. The molecular weight excluding hydrogens is 156 g/mol. The SMILES string of the molecule is C#CCOC(=O)c1ccnnc1. The van der Waals surface area contributed by atoms with E-state index in [1.54, 1.807) is 0 Å². The highest BCUT2D eigenvalue weighted by atomic mass is 16.5. The lowest BCUT2D eigenvalue weighted by Gasteiger charge is -1.97. The summed E-state index contributed by atoms with van der Waals surface area (Å²) in [5, 5.41) is 7.02. The molecule has 1 aromatic heterocycles. The zero-order valence-corrected chi connectivity index (χ0v) is 6.23. The summed E-state index contributed by atoms with van der Waals surface area (Å²) in [7, 11) is 0. The number of ether oxygens (including phenoxy) is 1. The molecule has 0 saturated carbocycles. The van der Waals surface area contributed by atoms with Crippen molar-refractivity contribution in [2.45, 2.75) is 0 Å². The molecule has 0 aliphatic heterocycles. The molecule has 0 fully saturated rings. The van der Waals surface area contributed by atoms with Gasteiger partial charge in [-0.05, 0) is 6.07 Å². The molecule has 4 heteroatoms. The molecule has 0 bridgehead atoms. The van der Waals surface area contributed by atoms with E-state index in [-0.39, 0.29) is 6.61 Å². The van der Waals surface area contributed by atoms with Crippen LogP contribution < -0.4 is 0 Å². The number of carbonyl (C=O) groups is 1. The number of nitrogens with zero attached hydrogens (tertiary/aromatic N) is 2. The summed E-state index contributed by atoms with van der Waals surface area (Å²) in [6, 6.07) is 1.51. The van der Waals surface area contributed by atoms with Gasteiger partial charge < -0.3 is 4.74 Å². The summed E-state index contributed by atoms with van der Waals surface area (Å²) in [4.78, 5) is 11.0. The van der Waals surface area contributed by atoms with Crippen molar-refractivity contribution in [1.29, 1.82) is 0 Å².